The number of hydrogen-bond donors (Lipinski definition) is 0. The molecule has 0 N–H and O–H groups in total. The first-order valence-corrected chi connectivity index (χ1v) is 6.07. The number of rotatable bonds is 4. The summed E-state index contributed by atoms with van der Waals surface area (Å²) in [5, 5.41) is -0.605. The molecule has 0 saturated carbocycles. The monoisotopic (exact) mass is 276 g/mol. The average Bonchev–Trinajstić information content (AvgIpc) is 2.46. The Balaban J connectivity index is 2.70. The lowest BCUT2D eigenvalue weighted by molar-refractivity contribution is 0.107. The Labute approximate surface area is 116 Å². The molecule has 3 nitrogen and oxygen atoms in total. The molecule has 2 aromatic carbocycles. The van der Waals surface area contributed by atoms with Crippen LogP contribution in [0.4, 0.5) is 0 Å². The summed E-state index contributed by atoms with van der Waals surface area (Å²) in [7, 11) is 2.99. The van der Waals surface area contributed by atoms with Crippen molar-refractivity contribution in [2.45, 2.75) is 0 Å². The minimum Gasteiger partial charge on any atom is -0.496 e. The topological polar surface area (TPSA) is 35.5 Å². The van der Waals surface area contributed by atoms with Crippen LogP contribution in [0.1, 0.15) is 10.4 Å². The van der Waals surface area contributed by atoms with E-state index in [4.69, 9.17) is 21.1 Å². The molecule has 0 radical (unpaired) electrons. The van der Waals surface area contributed by atoms with Crippen molar-refractivity contribution in [1.29, 1.82) is 0 Å². The highest BCUT2D eigenvalue weighted by Gasteiger charge is 2.20. The Morgan fingerprint density at radius 2 is 1.68 bits per heavy atom. The second kappa shape index (κ2) is 5.76. The molecular weight excluding hydrogens is 264 g/mol. The van der Waals surface area contributed by atoms with Crippen molar-refractivity contribution in [3.8, 4) is 22.6 Å². The molecule has 0 amide bonds. The van der Waals surface area contributed by atoms with E-state index in [0.717, 1.165) is 11.1 Å². The molecule has 19 heavy (non-hydrogen) atoms. The highest BCUT2D eigenvalue weighted by molar-refractivity contribution is 6.68. The largest absolute Gasteiger partial charge is 0.496 e. The molecule has 0 saturated heterocycles. The van der Waals surface area contributed by atoms with Gasteiger partial charge in [0.05, 0.1) is 14.2 Å². The van der Waals surface area contributed by atoms with E-state index in [-0.39, 0.29) is 5.56 Å². The molecule has 0 fully saturated rings. The molecule has 0 aliphatic heterocycles. The molecular formula is C15H13ClO3. The van der Waals surface area contributed by atoms with Gasteiger partial charge in [0.1, 0.15) is 17.1 Å². The molecule has 0 atom stereocenters. The van der Waals surface area contributed by atoms with Crippen LogP contribution >= 0.6 is 11.6 Å². The lowest BCUT2D eigenvalue weighted by Crippen LogP contribution is -2.01. The van der Waals surface area contributed by atoms with Crippen LogP contribution in [0.5, 0.6) is 11.5 Å². The highest BCUT2D eigenvalue weighted by Crippen LogP contribution is 2.39. The van der Waals surface area contributed by atoms with E-state index in [1.54, 1.807) is 6.07 Å². The zero-order chi connectivity index (χ0) is 13.8. The van der Waals surface area contributed by atoms with Crippen molar-refractivity contribution in [3.63, 3.8) is 0 Å². The number of hydrogen-bond acceptors (Lipinski definition) is 3. The third kappa shape index (κ3) is 2.56. The van der Waals surface area contributed by atoms with Crippen molar-refractivity contribution in [3.05, 3.63) is 48.0 Å². The lowest BCUT2D eigenvalue weighted by Gasteiger charge is -2.14. The fraction of sp³-hybridized carbons (Fsp3) is 0.133. The van der Waals surface area contributed by atoms with Crippen LogP contribution in [0.25, 0.3) is 11.1 Å². The van der Waals surface area contributed by atoms with E-state index in [0.29, 0.717) is 11.5 Å². The highest BCUT2D eigenvalue weighted by atomic mass is 35.5. The number of carbonyl (C=O) groups is 1. The van der Waals surface area contributed by atoms with E-state index < -0.39 is 5.24 Å². The second-order valence-corrected chi connectivity index (χ2v) is 4.21. The van der Waals surface area contributed by atoms with Crippen molar-refractivity contribution < 1.29 is 14.3 Å². The molecule has 0 bridgehead atoms. The number of ether oxygens (including phenoxy) is 2. The normalized spacial score (nSPS) is 10.1. The molecule has 2 aromatic rings. The Hall–Kier alpha value is -2.00. The summed E-state index contributed by atoms with van der Waals surface area (Å²) in [6.45, 7) is 0. The standard InChI is InChI=1S/C15H13ClO3/c1-18-12-9-8-11(10-6-4-3-5-7-10)14(19-2)13(12)15(16)17/h3-9H,1-2H3. The second-order valence-electron chi connectivity index (χ2n) is 3.86. The lowest BCUT2D eigenvalue weighted by atomic mass is 10.0. The van der Waals surface area contributed by atoms with Crippen molar-refractivity contribution in [2.75, 3.05) is 14.2 Å². The van der Waals surface area contributed by atoms with Crippen LogP contribution in [0.2, 0.25) is 0 Å². The first-order valence-electron chi connectivity index (χ1n) is 5.69. The summed E-state index contributed by atoms with van der Waals surface area (Å²) in [5.41, 5.74) is 1.99. The van der Waals surface area contributed by atoms with Crippen LogP contribution in [-0.2, 0) is 0 Å². The molecule has 2 rings (SSSR count). The molecule has 0 spiro atoms. The number of benzene rings is 2. The quantitative estimate of drug-likeness (QED) is 0.798. The van der Waals surface area contributed by atoms with Gasteiger partial charge in [-0.3, -0.25) is 4.79 Å². The molecule has 98 valence electrons. The smallest absolute Gasteiger partial charge is 0.259 e. The van der Waals surface area contributed by atoms with Crippen LogP contribution in [0, 0.1) is 0 Å². The number of halogens is 1. The van der Waals surface area contributed by atoms with Gasteiger partial charge in [-0.25, -0.2) is 0 Å². The zero-order valence-corrected chi connectivity index (χ0v) is 11.4. The predicted molar refractivity (Wildman–Crippen MR) is 75.2 cm³/mol. The van der Waals surface area contributed by atoms with Gasteiger partial charge in [0, 0.05) is 5.56 Å². The summed E-state index contributed by atoms with van der Waals surface area (Å²) in [6.07, 6.45) is 0. The zero-order valence-electron chi connectivity index (χ0n) is 10.6. The summed E-state index contributed by atoms with van der Waals surface area (Å²) >= 11 is 5.63. The van der Waals surface area contributed by atoms with Gasteiger partial charge in [-0.2, -0.15) is 0 Å². The van der Waals surface area contributed by atoms with Gasteiger partial charge < -0.3 is 9.47 Å². The molecule has 4 heteroatoms. The van der Waals surface area contributed by atoms with Gasteiger partial charge in [-0.1, -0.05) is 30.3 Å². The maximum Gasteiger partial charge on any atom is 0.259 e. The third-order valence-electron chi connectivity index (χ3n) is 2.82. The van der Waals surface area contributed by atoms with Crippen molar-refractivity contribution in [1.82, 2.24) is 0 Å². The van der Waals surface area contributed by atoms with Crippen molar-refractivity contribution >= 4 is 16.8 Å². The molecule has 0 heterocycles. The maximum atomic E-state index is 11.6. The van der Waals surface area contributed by atoms with Crippen LogP contribution in [0.3, 0.4) is 0 Å². The van der Waals surface area contributed by atoms with Crippen LogP contribution < -0.4 is 9.47 Å². The summed E-state index contributed by atoms with van der Waals surface area (Å²) < 4.78 is 10.5. The van der Waals surface area contributed by atoms with E-state index in [1.165, 1.54) is 14.2 Å². The maximum absolute atomic E-state index is 11.6. The third-order valence-corrected chi connectivity index (χ3v) is 3.01. The van der Waals surface area contributed by atoms with Crippen LogP contribution in [-0.4, -0.2) is 19.5 Å². The van der Waals surface area contributed by atoms with Gasteiger partial charge >= 0.3 is 0 Å². The van der Waals surface area contributed by atoms with Gasteiger partial charge in [-0.05, 0) is 29.3 Å². The molecule has 0 aromatic heterocycles. The Bertz CT molecular complexity index is 594. The summed E-state index contributed by atoms with van der Waals surface area (Å²) in [6, 6.07) is 13.2. The summed E-state index contributed by atoms with van der Waals surface area (Å²) in [4.78, 5) is 11.6. The number of methoxy groups -OCH3 is 2. The van der Waals surface area contributed by atoms with Gasteiger partial charge in [0.15, 0.2) is 0 Å². The fourth-order valence-electron chi connectivity index (χ4n) is 1.98. The van der Waals surface area contributed by atoms with E-state index in [1.807, 2.05) is 36.4 Å². The van der Waals surface area contributed by atoms with Gasteiger partial charge in [-0.15, -0.1) is 0 Å². The van der Waals surface area contributed by atoms with E-state index >= 15 is 0 Å². The first-order chi connectivity index (χ1) is 9.19. The minimum absolute atomic E-state index is 0.244. The summed E-state index contributed by atoms with van der Waals surface area (Å²) in [5.74, 6) is 0.821. The number of carbonyl (C=O) groups excluding carboxylic acids is 1. The fourth-order valence-corrected chi connectivity index (χ4v) is 2.16. The SMILES string of the molecule is COc1ccc(-c2ccccc2)c(OC)c1C(=O)Cl. The first kappa shape index (κ1) is 13.4. The van der Waals surface area contributed by atoms with Gasteiger partial charge in [0.25, 0.3) is 5.24 Å². The predicted octanol–water partition coefficient (Wildman–Crippen LogP) is 3.75. The Morgan fingerprint density at radius 1 is 1.00 bits per heavy atom. The van der Waals surface area contributed by atoms with Crippen LogP contribution in [0.15, 0.2) is 42.5 Å². The van der Waals surface area contributed by atoms with Gasteiger partial charge in [0.2, 0.25) is 0 Å². The van der Waals surface area contributed by atoms with Crippen molar-refractivity contribution in [2.24, 2.45) is 0 Å². The minimum atomic E-state index is -0.605. The molecule has 0 aliphatic carbocycles. The molecule has 0 unspecified atom stereocenters. The Morgan fingerprint density at radius 3 is 2.21 bits per heavy atom. The van der Waals surface area contributed by atoms with E-state index in [2.05, 4.69) is 0 Å². The Kier molecular flexibility index (Phi) is 4.07. The average molecular weight is 277 g/mol. The molecule has 0 aliphatic rings. The van der Waals surface area contributed by atoms with E-state index in [9.17, 15) is 4.79 Å².